The van der Waals surface area contributed by atoms with E-state index in [1.807, 2.05) is 35.8 Å². The Labute approximate surface area is 292 Å². The van der Waals surface area contributed by atoms with Gasteiger partial charge >= 0.3 is 0 Å². The molecule has 3 aromatic rings. The average Bonchev–Trinajstić information content (AvgIpc) is 3.60. The van der Waals surface area contributed by atoms with Gasteiger partial charge in [0.15, 0.2) is 5.82 Å². The summed E-state index contributed by atoms with van der Waals surface area (Å²) in [6.07, 6.45) is 3.48. The molecule has 0 atom stereocenters. The molecule has 0 saturated carbocycles. The fraction of sp³-hybridized carbons (Fsp3) is 0.571. The van der Waals surface area contributed by atoms with Crippen LogP contribution in [0.4, 0.5) is 5.82 Å². The fourth-order valence-electron chi connectivity index (χ4n) is 5.49. The number of anilines is 1. The van der Waals surface area contributed by atoms with Crippen LogP contribution in [0.25, 0.3) is 21.9 Å². The molecular formula is C35H51N7O8. The number of hydrogen-bond donors (Lipinski definition) is 3. The highest BCUT2D eigenvalue weighted by molar-refractivity contribution is 6.12. The molecular weight excluding hydrogens is 646 g/mol. The molecule has 50 heavy (non-hydrogen) atoms. The lowest BCUT2D eigenvalue weighted by molar-refractivity contribution is -0.137. The van der Waals surface area contributed by atoms with E-state index < -0.39 is 5.60 Å². The van der Waals surface area contributed by atoms with Gasteiger partial charge in [0.25, 0.3) is 11.8 Å². The number of imide groups is 1. The van der Waals surface area contributed by atoms with Crippen molar-refractivity contribution in [3.8, 4) is 0 Å². The lowest BCUT2D eigenvalue weighted by Gasteiger charge is -2.24. The Kier molecular flexibility index (Phi) is 15.1. The highest BCUT2D eigenvalue weighted by atomic mass is 16.6. The highest BCUT2D eigenvalue weighted by Gasteiger charge is 2.25. The predicted octanol–water partition coefficient (Wildman–Crippen LogP) is 1.65. The molecule has 2 aromatic heterocycles. The van der Waals surface area contributed by atoms with E-state index in [0.717, 1.165) is 16.4 Å². The van der Waals surface area contributed by atoms with Gasteiger partial charge in [-0.1, -0.05) is 18.2 Å². The van der Waals surface area contributed by atoms with Crippen LogP contribution in [0.1, 0.15) is 39.4 Å². The molecule has 0 bridgehead atoms. The third kappa shape index (κ3) is 11.5. The first kappa shape index (κ1) is 38.8. The first-order valence-electron chi connectivity index (χ1n) is 17.2. The number of carbonyl (C=O) groups excluding carboxylic acids is 3. The topological polar surface area (TPSA) is 184 Å². The SMILES string of the molecule is CCN(Cc1nc2c(N)nc3ccccc3c2n1CC(C)(C)O)C(=O)CCOCCOCCOCCOCCNCCCN1C(=O)C=CC1=O. The van der Waals surface area contributed by atoms with Crippen molar-refractivity contribution in [1.29, 1.82) is 0 Å². The van der Waals surface area contributed by atoms with Crippen molar-refractivity contribution in [3.63, 3.8) is 0 Å². The molecule has 0 spiro atoms. The van der Waals surface area contributed by atoms with E-state index in [2.05, 4.69) is 10.3 Å². The van der Waals surface area contributed by atoms with Gasteiger partial charge in [0.05, 0.1) is 89.0 Å². The molecule has 3 amide bonds. The van der Waals surface area contributed by atoms with Crippen LogP contribution in [0, 0.1) is 0 Å². The molecule has 4 rings (SSSR count). The molecule has 274 valence electrons. The normalized spacial score (nSPS) is 13.4. The Bertz CT molecular complexity index is 1590. The Morgan fingerprint density at radius 3 is 2.18 bits per heavy atom. The molecule has 15 heteroatoms. The van der Waals surface area contributed by atoms with Crippen LogP contribution >= 0.6 is 0 Å². The zero-order chi connectivity index (χ0) is 35.9. The lowest BCUT2D eigenvalue weighted by atomic mass is 10.1. The molecule has 4 N–H and O–H groups in total. The van der Waals surface area contributed by atoms with Crippen molar-refractivity contribution in [3.05, 3.63) is 42.2 Å². The van der Waals surface area contributed by atoms with Crippen molar-refractivity contribution in [2.45, 2.75) is 52.3 Å². The van der Waals surface area contributed by atoms with Crippen molar-refractivity contribution in [2.75, 3.05) is 84.8 Å². The van der Waals surface area contributed by atoms with Gasteiger partial charge < -0.3 is 44.6 Å². The summed E-state index contributed by atoms with van der Waals surface area (Å²) >= 11 is 0. The standard InChI is InChI=1S/C35H51N7O8/c1-4-40(24-28-39-32-33(42(28)25-35(2,3)46)26-8-5-6-9-27(26)38-34(32)36)29(43)12-16-47-18-20-49-22-23-50-21-19-48-17-14-37-13-7-15-41-30(44)10-11-31(41)45/h5-6,8-11,37,46H,4,7,12-25H2,1-3H3,(H2,36,38). The second kappa shape index (κ2) is 19.4. The number of nitrogens with one attached hydrogen (secondary N) is 1. The minimum absolute atomic E-state index is 0.0664. The first-order valence-corrected chi connectivity index (χ1v) is 17.2. The maximum atomic E-state index is 13.1. The van der Waals surface area contributed by atoms with E-state index in [9.17, 15) is 19.5 Å². The first-order chi connectivity index (χ1) is 24.1. The van der Waals surface area contributed by atoms with Gasteiger partial charge in [0, 0.05) is 37.2 Å². The molecule has 0 aliphatic carbocycles. The zero-order valence-electron chi connectivity index (χ0n) is 29.4. The van der Waals surface area contributed by atoms with Gasteiger partial charge in [0.2, 0.25) is 5.91 Å². The largest absolute Gasteiger partial charge is 0.389 e. The minimum Gasteiger partial charge on any atom is -0.389 e. The third-order valence-corrected chi connectivity index (χ3v) is 7.94. The van der Waals surface area contributed by atoms with Crippen molar-refractivity contribution in [2.24, 2.45) is 0 Å². The second-order valence-corrected chi connectivity index (χ2v) is 12.5. The third-order valence-electron chi connectivity index (χ3n) is 7.94. The monoisotopic (exact) mass is 697 g/mol. The summed E-state index contributed by atoms with van der Waals surface area (Å²) in [6, 6.07) is 7.68. The molecule has 0 fully saturated rings. The fourth-order valence-corrected chi connectivity index (χ4v) is 5.49. The number of rotatable bonds is 24. The highest BCUT2D eigenvalue weighted by Crippen LogP contribution is 2.30. The van der Waals surface area contributed by atoms with E-state index in [1.165, 1.54) is 17.1 Å². The smallest absolute Gasteiger partial charge is 0.253 e. The molecule has 15 nitrogen and oxygen atoms in total. The van der Waals surface area contributed by atoms with Gasteiger partial charge in [-0.15, -0.1) is 0 Å². The number of amides is 3. The molecule has 0 unspecified atom stereocenters. The summed E-state index contributed by atoms with van der Waals surface area (Å²) in [5, 5.41) is 14.8. The number of fused-ring (bicyclic) bond motifs is 3. The van der Waals surface area contributed by atoms with Gasteiger partial charge in [-0.05, 0) is 39.8 Å². The lowest BCUT2D eigenvalue weighted by Crippen LogP contribution is -2.34. The van der Waals surface area contributed by atoms with Gasteiger partial charge in [-0.3, -0.25) is 19.3 Å². The van der Waals surface area contributed by atoms with Crippen LogP contribution in [-0.2, 0) is 46.4 Å². The predicted molar refractivity (Wildman–Crippen MR) is 188 cm³/mol. The Morgan fingerprint density at radius 1 is 0.920 bits per heavy atom. The summed E-state index contributed by atoms with van der Waals surface area (Å²) in [5.74, 6) is 0.358. The Balaban J connectivity index is 1.05. The minimum atomic E-state index is -1.03. The van der Waals surface area contributed by atoms with Crippen LogP contribution < -0.4 is 11.1 Å². The van der Waals surface area contributed by atoms with E-state index in [4.69, 9.17) is 29.7 Å². The molecule has 3 heterocycles. The zero-order valence-corrected chi connectivity index (χ0v) is 29.4. The van der Waals surface area contributed by atoms with E-state index in [-0.39, 0.29) is 43.8 Å². The number of carbonyl (C=O) groups is 3. The summed E-state index contributed by atoms with van der Waals surface area (Å²) in [5.41, 5.74) is 7.36. The summed E-state index contributed by atoms with van der Waals surface area (Å²) < 4.78 is 24.2. The van der Waals surface area contributed by atoms with Crippen molar-refractivity contribution in [1.82, 2.24) is 29.7 Å². The molecule has 0 radical (unpaired) electrons. The number of nitrogens with two attached hydrogens (primary N) is 1. The molecule has 1 aliphatic rings. The van der Waals surface area contributed by atoms with Crippen LogP contribution in [0.3, 0.4) is 0 Å². The summed E-state index contributed by atoms with van der Waals surface area (Å²) in [6.45, 7) is 11.5. The Hall–Kier alpha value is -3.99. The summed E-state index contributed by atoms with van der Waals surface area (Å²) in [7, 11) is 0. The molecule has 1 aromatic carbocycles. The maximum absolute atomic E-state index is 13.1. The number of nitrogens with zero attached hydrogens (tertiary/aromatic N) is 5. The Morgan fingerprint density at radius 2 is 1.54 bits per heavy atom. The van der Waals surface area contributed by atoms with Gasteiger partial charge in [-0.25, -0.2) is 9.97 Å². The number of ether oxygens (including phenoxy) is 4. The second-order valence-electron chi connectivity index (χ2n) is 12.5. The van der Waals surface area contributed by atoms with E-state index in [0.29, 0.717) is 96.0 Å². The number of imidazole rings is 1. The average molecular weight is 698 g/mol. The van der Waals surface area contributed by atoms with Crippen LogP contribution in [-0.4, -0.2) is 132 Å². The van der Waals surface area contributed by atoms with Crippen LogP contribution in [0.2, 0.25) is 0 Å². The number of benzene rings is 1. The molecule has 1 aliphatic heterocycles. The van der Waals surface area contributed by atoms with Crippen LogP contribution in [0.5, 0.6) is 0 Å². The summed E-state index contributed by atoms with van der Waals surface area (Å²) in [4.78, 5) is 48.4. The number of nitrogen functional groups attached to an aromatic ring is 1. The van der Waals surface area contributed by atoms with Crippen molar-refractivity contribution >= 4 is 45.5 Å². The number of aliphatic hydroxyl groups is 1. The molecule has 0 saturated heterocycles. The number of aromatic nitrogens is 3. The van der Waals surface area contributed by atoms with Crippen molar-refractivity contribution < 1.29 is 38.4 Å². The quantitative estimate of drug-likeness (QED) is 0.0910. The maximum Gasteiger partial charge on any atom is 0.253 e. The van der Waals surface area contributed by atoms with E-state index >= 15 is 0 Å². The van der Waals surface area contributed by atoms with Gasteiger partial charge in [0.1, 0.15) is 11.3 Å². The van der Waals surface area contributed by atoms with Gasteiger partial charge in [-0.2, -0.15) is 0 Å². The number of para-hydroxylation sites is 1. The van der Waals surface area contributed by atoms with Crippen LogP contribution in [0.15, 0.2) is 36.4 Å². The number of hydrogen-bond acceptors (Lipinski definition) is 12. The van der Waals surface area contributed by atoms with E-state index in [1.54, 1.807) is 18.7 Å². The number of pyridine rings is 1.